The van der Waals surface area contributed by atoms with Crippen molar-refractivity contribution in [3.8, 4) is 5.75 Å². The largest absolute Gasteiger partial charge is 0.493 e. The first-order valence-corrected chi connectivity index (χ1v) is 5.52. The molecule has 0 spiro atoms. The molecule has 6 nitrogen and oxygen atoms in total. The van der Waals surface area contributed by atoms with Gasteiger partial charge in [0.25, 0.3) is 0 Å². The molecule has 2 heterocycles. The van der Waals surface area contributed by atoms with E-state index in [1.807, 2.05) is 30.9 Å². The second-order valence-electron chi connectivity index (χ2n) is 3.81. The molecule has 2 aromatic rings. The van der Waals surface area contributed by atoms with Gasteiger partial charge in [-0.2, -0.15) is 10.2 Å². The van der Waals surface area contributed by atoms with Gasteiger partial charge in [-0.25, -0.2) is 0 Å². The minimum absolute atomic E-state index is 0.325. The van der Waals surface area contributed by atoms with Gasteiger partial charge in [-0.1, -0.05) is 0 Å². The number of ether oxygens (including phenoxy) is 1. The summed E-state index contributed by atoms with van der Waals surface area (Å²) in [5, 5.41) is 8.55. The SMILES string of the molecule is CCn1ncc(OC)c1C(N)c1ccn(C)n1. The molecule has 1 atom stereocenters. The number of hydrogen-bond acceptors (Lipinski definition) is 4. The van der Waals surface area contributed by atoms with Crippen LogP contribution in [0.15, 0.2) is 18.5 Å². The second-order valence-corrected chi connectivity index (χ2v) is 3.81. The third kappa shape index (κ3) is 2.03. The van der Waals surface area contributed by atoms with Crippen molar-refractivity contribution in [1.29, 1.82) is 0 Å². The molecule has 2 aromatic heterocycles. The highest BCUT2D eigenvalue weighted by Gasteiger charge is 2.21. The molecular weight excluding hydrogens is 218 g/mol. The molecule has 92 valence electrons. The number of hydrogen-bond donors (Lipinski definition) is 1. The first-order valence-electron chi connectivity index (χ1n) is 5.52. The van der Waals surface area contributed by atoms with Crippen LogP contribution < -0.4 is 10.5 Å². The van der Waals surface area contributed by atoms with Gasteiger partial charge in [0.05, 0.1) is 25.0 Å². The summed E-state index contributed by atoms with van der Waals surface area (Å²) in [5.74, 6) is 0.699. The van der Waals surface area contributed by atoms with Crippen LogP contribution in [0.5, 0.6) is 5.75 Å². The van der Waals surface area contributed by atoms with E-state index in [1.54, 1.807) is 18.0 Å². The van der Waals surface area contributed by atoms with Crippen molar-refractivity contribution in [2.75, 3.05) is 7.11 Å². The number of nitrogens with two attached hydrogens (primary N) is 1. The van der Waals surface area contributed by atoms with Gasteiger partial charge >= 0.3 is 0 Å². The van der Waals surface area contributed by atoms with Crippen LogP contribution in [-0.2, 0) is 13.6 Å². The second kappa shape index (κ2) is 4.58. The zero-order chi connectivity index (χ0) is 12.4. The van der Waals surface area contributed by atoms with Crippen LogP contribution in [0.2, 0.25) is 0 Å². The number of aromatic nitrogens is 4. The molecule has 0 aliphatic rings. The highest BCUT2D eigenvalue weighted by molar-refractivity contribution is 5.33. The van der Waals surface area contributed by atoms with Gasteiger partial charge in [-0.3, -0.25) is 9.36 Å². The van der Waals surface area contributed by atoms with Gasteiger partial charge < -0.3 is 10.5 Å². The Kier molecular flexibility index (Phi) is 3.14. The monoisotopic (exact) mass is 235 g/mol. The van der Waals surface area contributed by atoms with Gasteiger partial charge in [0.15, 0.2) is 5.75 Å². The summed E-state index contributed by atoms with van der Waals surface area (Å²) < 4.78 is 8.84. The van der Waals surface area contributed by atoms with E-state index in [0.29, 0.717) is 5.75 Å². The smallest absolute Gasteiger partial charge is 0.161 e. The zero-order valence-electron chi connectivity index (χ0n) is 10.3. The zero-order valence-corrected chi connectivity index (χ0v) is 10.3. The van der Waals surface area contributed by atoms with E-state index in [0.717, 1.165) is 17.9 Å². The van der Waals surface area contributed by atoms with Crippen molar-refractivity contribution in [1.82, 2.24) is 19.6 Å². The standard InChI is InChI=1S/C11H17N5O/c1-4-16-11(9(17-3)7-13-16)10(12)8-5-6-15(2)14-8/h5-7,10H,4,12H2,1-3H3. The Morgan fingerprint density at radius 2 is 2.29 bits per heavy atom. The summed E-state index contributed by atoms with van der Waals surface area (Å²) in [6, 6.07) is 1.57. The highest BCUT2D eigenvalue weighted by atomic mass is 16.5. The fourth-order valence-corrected chi connectivity index (χ4v) is 1.84. The first kappa shape index (κ1) is 11.7. The van der Waals surface area contributed by atoms with E-state index >= 15 is 0 Å². The van der Waals surface area contributed by atoms with E-state index in [4.69, 9.17) is 10.5 Å². The summed E-state index contributed by atoms with van der Waals surface area (Å²) in [6.07, 6.45) is 3.55. The number of methoxy groups -OCH3 is 1. The minimum Gasteiger partial charge on any atom is -0.493 e. The molecule has 0 aromatic carbocycles. The molecule has 0 fully saturated rings. The van der Waals surface area contributed by atoms with Crippen molar-refractivity contribution in [2.45, 2.75) is 19.5 Å². The number of rotatable bonds is 4. The quantitative estimate of drug-likeness (QED) is 0.846. The lowest BCUT2D eigenvalue weighted by Gasteiger charge is -2.12. The normalized spacial score (nSPS) is 12.7. The molecule has 0 aliphatic carbocycles. The molecule has 0 bridgehead atoms. The Morgan fingerprint density at radius 1 is 1.53 bits per heavy atom. The molecule has 2 N–H and O–H groups in total. The Balaban J connectivity index is 2.41. The fourth-order valence-electron chi connectivity index (χ4n) is 1.84. The van der Waals surface area contributed by atoms with Gasteiger partial charge in [-0.15, -0.1) is 0 Å². The maximum Gasteiger partial charge on any atom is 0.161 e. The Bertz CT molecular complexity index is 480. The maximum atomic E-state index is 6.21. The van der Waals surface area contributed by atoms with E-state index < -0.39 is 0 Å². The Morgan fingerprint density at radius 3 is 2.82 bits per heavy atom. The van der Waals surface area contributed by atoms with Gasteiger partial charge in [0, 0.05) is 19.8 Å². The number of nitrogens with zero attached hydrogens (tertiary/aromatic N) is 4. The Labute approximate surface area is 100.0 Å². The van der Waals surface area contributed by atoms with Crippen LogP contribution in [0.4, 0.5) is 0 Å². The van der Waals surface area contributed by atoms with Crippen molar-refractivity contribution in [2.24, 2.45) is 12.8 Å². The maximum absolute atomic E-state index is 6.21. The van der Waals surface area contributed by atoms with Crippen molar-refractivity contribution in [3.63, 3.8) is 0 Å². The van der Waals surface area contributed by atoms with Crippen molar-refractivity contribution >= 4 is 0 Å². The van der Waals surface area contributed by atoms with Gasteiger partial charge in [0.1, 0.15) is 5.69 Å². The summed E-state index contributed by atoms with van der Waals surface area (Å²) in [5.41, 5.74) is 7.87. The third-order valence-electron chi connectivity index (χ3n) is 2.71. The molecule has 0 amide bonds. The molecule has 17 heavy (non-hydrogen) atoms. The summed E-state index contributed by atoms with van der Waals surface area (Å²) >= 11 is 0. The van der Waals surface area contributed by atoms with Gasteiger partial charge in [0.2, 0.25) is 0 Å². The van der Waals surface area contributed by atoms with Crippen LogP contribution in [-0.4, -0.2) is 26.7 Å². The van der Waals surface area contributed by atoms with Crippen molar-refractivity contribution < 1.29 is 4.74 Å². The average Bonchev–Trinajstić information content (AvgIpc) is 2.93. The van der Waals surface area contributed by atoms with E-state index in [1.165, 1.54) is 0 Å². The molecule has 1 unspecified atom stereocenters. The average molecular weight is 235 g/mol. The van der Waals surface area contributed by atoms with Crippen LogP contribution in [0.25, 0.3) is 0 Å². The topological polar surface area (TPSA) is 70.9 Å². The summed E-state index contributed by atoms with van der Waals surface area (Å²) in [6.45, 7) is 2.76. The molecule has 2 rings (SSSR count). The van der Waals surface area contributed by atoms with E-state index in [-0.39, 0.29) is 6.04 Å². The molecule has 6 heteroatoms. The lowest BCUT2D eigenvalue weighted by Crippen LogP contribution is -2.18. The predicted molar refractivity (Wildman–Crippen MR) is 63.7 cm³/mol. The Hall–Kier alpha value is -1.82. The molecular formula is C11H17N5O. The predicted octanol–water partition coefficient (Wildman–Crippen LogP) is 0.693. The summed E-state index contributed by atoms with van der Waals surface area (Å²) in [4.78, 5) is 0. The summed E-state index contributed by atoms with van der Waals surface area (Å²) in [7, 11) is 3.48. The van der Waals surface area contributed by atoms with Crippen molar-refractivity contribution in [3.05, 3.63) is 29.8 Å². The minimum atomic E-state index is -0.325. The lowest BCUT2D eigenvalue weighted by atomic mass is 10.1. The third-order valence-corrected chi connectivity index (χ3v) is 2.71. The molecule has 0 saturated heterocycles. The number of aryl methyl sites for hydroxylation is 2. The molecule has 0 radical (unpaired) electrons. The molecule has 0 aliphatic heterocycles. The lowest BCUT2D eigenvalue weighted by molar-refractivity contribution is 0.404. The van der Waals surface area contributed by atoms with E-state index in [9.17, 15) is 0 Å². The fraction of sp³-hybridized carbons (Fsp3) is 0.455. The highest BCUT2D eigenvalue weighted by Crippen LogP contribution is 2.27. The molecule has 0 saturated carbocycles. The van der Waals surface area contributed by atoms with Gasteiger partial charge in [-0.05, 0) is 13.0 Å². The van der Waals surface area contributed by atoms with Crippen LogP contribution >= 0.6 is 0 Å². The van der Waals surface area contributed by atoms with Crippen LogP contribution in [0.1, 0.15) is 24.4 Å². The van der Waals surface area contributed by atoms with E-state index in [2.05, 4.69) is 10.2 Å². The van der Waals surface area contributed by atoms with Crippen LogP contribution in [0.3, 0.4) is 0 Å². The van der Waals surface area contributed by atoms with Crippen LogP contribution in [0, 0.1) is 0 Å². The first-order chi connectivity index (χ1) is 8.17.